The molecule has 1 aliphatic rings. The number of rotatable bonds is 1. The Balaban J connectivity index is 2.06. The smallest absolute Gasteiger partial charge is 0.399 e. The molecule has 0 spiro atoms. The van der Waals surface area contributed by atoms with Crippen molar-refractivity contribution in [1.29, 1.82) is 0 Å². The molecule has 0 bridgehead atoms. The van der Waals surface area contributed by atoms with Crippen LogP contribution in [0.2, 0.25) is 0 Å². The van der Waals surface area contributed by atoms with Crippen LogP contribution in [0, 0.1) is 5.82 Å². The number of hydrogen-bond acceptors (Lipinski definition) is 4. The largest absolute Gasteiger partial charge is 0.495 e. The molecule has 2 heterocycles. The van der Waals surface area contributed by atoms with Crippen molar-refractivity contribution >= 4 is 23.5 Å². The van der Waals surface area contributed by atoms with Gasteiger partial charge in [-0.3, -0.25) is 0 Å². The number of fused-ring (bicyclic) bond motifs is 1. The van der Waals surface area contributed by atoms with Crippen molar-refractivity contribution in [2.24, 2.45) is 0 Å². The molecule has 1 fully saturated rings. The van der Waals surface area contributed by atoms with Crippen LogP contribution in [0.5, 0.6) is 0 Å². The molecule has 2 aromatic rings. The molecule has 0 atom stereocenters. The van der Waals surface area contributed by atoms with Gasteiger partial charge >= 0.3 is 7.12 Å². The monoisotopic (exact) mass is 277 g/mol. The average molecular weight is 277 g/mol. The summed E-state index contributed by atoms with van der Waals surface area (Å²) in [6, 6.07) is 3.15. The zero-order valence-electron chi connectivity index (χ0n) is 12.0. The van der Waals surface area contributed by atoms with Gasteiger partial charge < -0.3 is 15.2 Å². The molecule has 0 aliphatic carbocycles. The van der Waals surface area contributed by atoms with E-state index in [1.807, 2.05) is 27.7 Å². The van der Waals surface area contributed by atoms with Crippen molar-refractivity contribution in [3.8, 4) is 0 Å². The van der Waals surface area contributed by atoms with E-state index in [1.165, 1.54) is 12.3 Å². The molecule has 1 aromatic heterocycles. The molecule has 1 saturated heterocycles. The van der Waals surface area contributed by atoms with Crippen LogP contribution in [0.4, 0.5) is 4.39 Å². The Bertz CT molecular complexity index is 668. The highest BCUT2D eigenvalue weighted by atomic mass is 19.1. The van der Waals surface area contributed by atoms with Crippen molar-refractivity contribution in [1.82, 2.24) is 9.89 Å². The molecule has 1 aliphatic heterocycles. The van der Waals surface area contributed by atoms with E-state index in [4.69, 9.17) is 15.2 Å². The minimum Gasteiger partial charge on any atom is -0.399 e. The van der Waals surface area contributed by atoms with Gasteiger partial charge in [-0.05, 0) is 45.3 Å². The Kier molecular flexibility index (Phi) is 2.65. The van der Waals surface area contributed by atoms with Crippen LogP contribution in [-0.2, 0) is 9.31 Å². The predicted octanol–water partition coefficient (Wildman–Crippen LogP) is 1.19. The Labute approximate surface area is 116 Å². The summed E-state index contributed by atoms with van der Waals surface area (Å²) in [5, 5.41) is 4.24. The fraction of sp³-hybridized carbons (Fsp3) is 0.462. The van der Waals surface area contributed by atoms with Gasteiger partial charge in [0.1, 0.15) is 5.82 Å². The summed E-state index contributed by atoms with van der Waals surface area (Å²) < 4.78 is 25.9. The summed E-state index contributed by atoms with van der Waals surface area (Å²) >= 11 is 0. The first-order valence-corrected chi connectivity index (χ1v) is 6.49. The van der Waals surface area contributed by atoms with Gasteiger partial charge in [0.2, 0.25) is 0 Å². The van der Waals surface area contributed by atoms with E-state index >= 15 is 0 Å². The number of hydrogen-bond donors (Lipinski definition) is 1. The highest BCUT2D eigenvalue weighted by Gasteiger charge is 2.51. The van der Waals surface area contributed by atoms with Gasteiger partial charge in [0.05, 0.1) is 28.3 Å². The van der Waals surface area contributed by atoms with Crippen LogP contribution in [-0.4, -0.2) is 28.2 Å². The maximum absolute atomic E-state index is 14.1. The number of nitrogens with two attached hydrogens (primary N) is 1. The van der Waals surface area contributed by atoms with E-state index in [-0.39, 0.29) is 5.82 Å². The van der Waals surface area contributed by atoms with Gasteiger partial charge in [-0.1, -0.05) is 0 Å². The quantitative estimate of drug-likeness (QED) is 0.628. The van der Waals surface area contributed by atoms with Gasteiger partial charge in [0, 0.05) is 0 Å². The molecule has 0 amide bonds. The van der Waals surface area contributed by atoms with Gasteiger partial charge in [0.25, 0.3) is 0 Å². The zero-order valence-corrected chi connectivity index (χ0v) is 12.0. The zero-order chi connectivity index (χ0) is 14.7. The van der Waals surface area contributed by atoms with E-state index in [1.54, 1.807) is 6.07 Å². The van der Waals surface area contributed by atoms with E-state index in [0.29, 0.717) is 16.4 Å². The Morgan fingerprint density at radius 1 is 1.20 bits per heavy atom. The molecule has 0 unspecified atom stereocenters. The molecule has 3 rings (SSSR count). The number of halogens is 1. The van der Waals surface area contributed by atoms with Crippen LogP contribution in [0.1, 0.15) is 27.7 Å². The summed E-state index contributed by atoms with van der Waals surface area (Å²) in [5.74, 6) is 5.29. The maximum Gasteiger partial charge on any atom is 0.495 e. The molecule has 1 aromatic carbocycles. The van der Waals surface area contributed by atoms with E-state index in [0.717, 1.165) is 4.79 Å². The van der Waals surface area contributed by atoms with Crippen LogP contribution in [0.15, 0.2) is 18.3 Å². The first-order chi connectivity index (χ1) is 9.21. The first kappa shape index (κ1) is 13.4. The highest BCUT2D eigenvalue weighted by molar-refractivity contribution is 6.62. The van der Waals surface area contributed by atoms with Gasteiger partial charge in [-0.2, -0.15) is 9.89 Å². The predicted molar refractivity (Wildman–Crippen MR) is 75.6 cm³/mol. The molecule has 106 valence electrons. The van der Waals surface area contributed by atoms with E-state index in [2.05, 4.69) is 5.10 Å². The third kappa shape index (κ3) is 1.81. The Morgan fingerprint density at radius 3 is 2.40 bits per heavy atom. The van der Waals surface area contributed by atoms with Crippen LogP contribution in [0.3, 0.4) is 0 Å². The van der Waals surface area contributed by atoms with Crippen molar-refractivity contribution < 1.29 is 13.7 Å². The van der Waals surface area contributed by atoms with Crippen molar-refractivity contribution in [3.05, 3.63) is 24.1 Å². The normalized spacial score (nSPS) is 20.8. The van der Waals surface area contributed by atoms with Crippen molar-refractivity contribution in [2.75, 3.05) is 5.84 Å². The molecular weight excluding hydrogens is 260 g/mol. The summed E-state index contributed by atoms with van der Waals surface area (Å²) in [5.41, 5.74) is 0.175. The molecule has 20 heavy (non-hydrogen) atoms. The highest BCUT2D eigenvalue weighted by Crippen LogP contribution is 2.36. The van der Waals surface area contributed by atoms with Crippen LogP contribution < -0.4 is 11.3 Å². The van der Waals surface area contributed by atoms with Crippen LogP contribution in [0.25, 0.3) is 10.9 Å². The van der Waals surface area contributed by atoms with Gasteiger partial charge in [0.15, 0.2) is 0 Å². The Morgan fingerprint density at radius 2 is 1.80 bits per heavy atom. The van der Waals surface area contributed by atoms with Crippen molar-refractivity contribution in [2.45, 2.75) is 38.9 Å². The average Bonchev–Trinajstić information content (AvgIpc) is 2.79. The lowest BCUT2D eigenvalue weighted by Crippen LogP contribution is -2.41. The summed E-state index contributed by atoms with van der Waals surface area (Å²) in [6.07, 6.45) is 1.40. The molecule has 5 nitrogen and oxygen atoms in total. The molecular formula is C13H17BFN3O2. The fourth-order valence-electron chi connectivity index (χ4n) is 2.24. The standard InChI is InChI=1S/C13H17BFN3O2/c1-12(2)13(3,4)20-14(19-12)8-5-10(15)9-7-17-18(16)11(9)6-8/h5-7H,16H2,1-4H3. The lowest BCUT2D eigenvalue weighted by molar-refractivity contribution is 0.00578. The van der Waals surface area contributed by atoms with E-state index < -0.39 is 18.3 Å². The second-order valence-electron chi connectivity index (χ2n) is 6.11. The molecule has 7 heteroatoms. The second kappa shape index (κ2) is 3.96. The minimum absolute atomic E-state index is 0.382. The molecule has 2 N–H and O–H groups in total. The summed E-state index contributed by atoms with van der Waals surface area (Å²) in [6.45, 7) is 7.81. The summed E-state index contributed by atoms with van der Waals surface area (Å²) in [4.78, 5) is 1.15. The van der Waals surface area contributed by atoms with Crippen molar-refractivity contribution in [3.63, 3.8) is 0 Å². The number of aromatic nitrogens is 2. The van der Waals surface area contributed by atoms with Gasteiger partial charge in [-0.15, -0.1) is 0 Å². The topological polar surface area (TPSA) is 62.3 Å². The lowest BCUT2D eigenvalue weighted by Gasteiger charge is -2.32. The second-order valence-corrected chi connectivity index (χ2v) is 6.11. The fourth-order valence-corrected chi connectivity index (χ4v) is 2.24. The van der Waals surface area contributed by atoms with Gasteiger partial charge in [-0.25, -0.2) is 4.39 Å². The number of nitrogens with zero attached hydrogens (tertiary/aromatic N) is 2. The third-order valence-corrected chi connectivity index (χ3v) is 4.21. The minimum atomic E-state index is -0.617. The first-order valence-electron chi connectivity index (χ1n) is 6.49. The lowest BCUT2D eigenvalue weighted by atomic mass is 9.78. The Hall–Kier alpha value is -1.60. The molecule has 0 saturated carbocycles. The third-order valence-electron chi connectivity index (χ3n) is 4.21. The summed E-state index contributed by atoms with van der Waals surface area (Å²) in [7, 11) is -0.617. The van der Waals surface area contributed by atoms with E-state index in [9.17, 15) is 4.39 Å². The van der Waals surface area contributed by atoms with Crippen LogP contribution >= 0.6 is 0 Å². The molecule has 0 radical (unpaired) electrons. The maximum atomic E-state index is 14.1. The number of nitrogen functional groups attached to an aromatic ring is 1. The number of benzene rings is 1. The SMILES string of the molecule is CC1(C)OB(c2cc(F)c3cnn(N)c3c2)OC1(C)C.